The summed E-state index contributed by atoms with van der Waals surface area (Å²) in [5.74, 6) is 0.539. The molecule has 3 nitrogen and oxygen atoms in total. The maximum atomic E-state index is 12.3. The smallest absolute Gasteiger partial charge is 0.254 e. The number of aromatic nitrogens is 1. The zero-order valence-corrected chi connectivity index (χ0v) is 14.3. The van der Waals surface area contributed by atoms with Gasteiger partial charge in [-0.25, -0.2) is 0 Å². The van der Waals surface area contributed by atoms with Gasteiger partial charge < -0.3 is 9.30 Å². The van der Waals surface area contributed by atoms with Gasteiger partial charge in [0.05, 0.1) is 6.54 Å². The van der Waals surface area contributed by atoms with Crippen LogP contribution in [0.2, 0.25) is 10.0 Å². The van der Waals surface area contributed by atoms with Gasteiger partial charge >= 0.3 is 0 Å². The number of nitrogens with zero attached hydrogens (tertiary/aromatic N) is 1. The van der Waals surface area contributed by atoms with Crippen molar-refractivity contribution >= 4 is 23.2 Å². The van der Waals surface area contributed by atoms with Crippen molar-refractivity contribution in [1.82, 2.24) is 4.57 Å². The number of hydrogen-bond donors (Lipinski definition) is 0. The monoisotopic (exact) mass is 359 g/mol. The fourth-order valence-electron chi connectivity index (χ4n) is 2.30. The number of halogens is 2. The van der Waals surface area contributed by atoms with Crippen LogP contribution in [0.5, 0.6) is 5.75 Å². The molecule has 0 aliphatic heterocycles. The molecule has 24 heavy (non-hydrogen) atoms. The Morgan fingerprint density at radius 2 is 1.75 bits per heavy atom. The Bertz CT molecular complexity index is 891. The van der Waals surface area contributed by atoms with E-state index in [4.69, 9.17) is 27.9 Å². The Morgan fingerprint density at radius 1 is 0.958 bits per heavy atom. The van der Waals surface area contributed by atoms with Crippen LogP contribution >= 0.6 is 23.2 Å². The Hall–Kier alpha value is -2.23. The van der Waals surface area contributed by atoms with Gasteiger partial charge in [-0.2, -0.15) is 0 Å². The van der Waals surface area contributed by atoms with Gasteiger partial charge in [-0.05, 0) is 35.4 Å². The van der Waals surface area contributed by atoms with Crippen LogP contribution in [0.4, 0.5) is 0 Å². The van der Waals surface area contributed by atoms with E-state index in [0.29, 0.717) is 28.9 Å². The van der Waals surface area contributed by atoms with Crippen LogP contribution in [-0.2, 0) is 13.2 Å². The zero-order chi connectivity index (χ0) is 16.9. The number of rotatable bonds is 5. The summed E-state index contributed by atoms with van der Waals surface area (Å²) in [6.07, 6.45) is 1.69. The Morgan fingerprint density at radius 3 is 2.50 bits per heavy atom. The minimum Gasteiger partial charge on any atom is -0.489 e. The van der Waals surface area contributed by atoms with Crippen LogP contribution in [-0.4, -0.2) is 4.57 Å². The molecule has 0 amide bonds. The summed E-state index contributed by atoms with van der Waals surface area (Å²) in [6.45, 7) is 0.779. The molecule has 0 N–H and O–H groups in total. The van der Waals surface area contributed by atoms with Gasteiger partial charge in [0.15, 0.2) is 0 Å². The molecule has 0 atom stereocenters. The van der Waals surface area contributed by atoms with E-state index in [1.54, 1.807) is 35.0 Å². The molecule has 0 fully saturated rings. The Kier molecular flexibility index (Phi) is 5.24. The molecule has 3 rings (SSSR count). The summed E-state index contributed by atoms with van der Waals surface area (Å²) in [7, 11) is 0. The molecule has 2 aromatic carbocycles. The van der Waals surface area contributed by atoms with Gasteiger partial charge in [0.1, 0.15) is 12.4 Å². The Labute approximate surface area is 150 Å². The topological polar surface area (TPSA) is 31.2 Å². The first-order chi connectivity index (χ1) is 11.6. The highest BCUT2D eigenvalue weighted by Gasteiger charge is 2.05. The second kappa shape index (κ2) is 7.56. The van der Waals surface area contributed by atoms with Crippen molar-refractivity contribution in [2.75, 3.05) is 0 Å². The van der Waals surface area contributed by atoms with E-state index in [1.165, 1.54) is 6.07 Å². The van der Waals surface area contributed by atoms with E-state index in [2.05, 4.69) is 0 Å². The first-order valence-electron chi connectivity index (χ1n) is 7.43. The highest BCUT2D eigenvalue weighted by Crippen LogP contribution is 2.21. The lowest BCUT2D eigenvalue weighted by molar-refractivity contribution is 0.305. The van der Waals surface area contributed by atoms with E-state index in [1.807, 2.05) is 30.3 Å². The molecule has 0 spiro atoms. The highest BCUT2D eigenvalue weighted by molar-refractivity contribution is 6.33. The van der Waals surface area contributed by atoms with Crippen LogP contribution in [0.3, 0.4) is 0 Å². The van der Waals surface area contributed by atoms with Crippen molar-refractivity contribution in [1.29, 1.82) is 0 Å². The molecule has 0 unspecified atom stereocenters. The largest absolute Gasteiger partial charge is 0.489 e. The first kappa shape index (κ1) is 16.6. The minimum atomic E-state index is -0.156. The third-order valence-electron chi connectivity index (χ3n) is 3.56. The standard InChI is InChI=1S/C19H15Cl2NO2/c20-16-6-7-18(21)15(10-16)12-22-9-8-17(11-19(22)23)24-13-14-4-2-1-3-5-14/h1-11H,12-13H2. The van der Waals surface area contributed by atoms with Crippen molar-refractivity contribution in [3.8, 4) is 5.75 Å². The second-order valence-corrected chi connectivity index (χ2v) is 6.18. The third-order valence-corrected chi connectivity index (χ3v) is 4.17. The van der Waals surface area contributed by atoms with Crippen molar-refractivity contribution in [2.24, 2.45) is 0 Å². The molecule has 0 saturated carbocycles. The van der Waals surface area contributed by atoms with Gasteiger partial charge in [0, 0.05) is 22.3 Å². The molecule has 0 bridgehead atoms. The SMILES string of the molecule is O=c1cc(OCc2ccccc2)ccn1Cc1cc(Cl)ccc1Cl. The molecular formula is C19H15Cl2NO2. The highest BCUT2D eigenvalue weighted by atomic mass is 35.5. The van der Waals surface area contributed by atoms with E-state index < -0.39 is 0 Å². The predicted molar refractivity (Wildman–Crippen MR) is 97.0 cm³/mol. The van der Waals surface area contributed by atoms with Gasteiger partial charge in [-0.3, -0.25) is 4.79 Å². The molecular weight excluding hydrogens is 345 g/mol. The maximum absolute atomic E-state index is 12.3. The number of hydrogen-bond acceptors (Lipinski definition) is 2. The molecule has 122 valence electrons. The Balaban J connectivity index is 1.73. The molecule has 0 aliphatic carbocycles. The summed E-state index contributed by atoms with van der Waals surface area (Å²) >= 11 is 12.1. The summed E-state index contributed by atoms with van der Waals surface area (Å²) in [4.78, 5) is 12.3. The van der Waals surface area contributed by atoms with E-state index >= 15 is 0 Å². The summed E-state index contributed by atoms with van der Waals surface area (Å²) < 4.78 is 7.22. The normalized spacial score (nSPS) is 10.6. The second-order valence-electron chi connectivity index (χ2n) is 5.34. The first-order valence-corrected chi connectivity index (χ1v) is 8.18. The molecule has 1 heterocycles. The van der Waals surface area contributed by atoms with Crippen molar-refractivity contribution in [2.45, 2.75) is 13.2 Å². The summed E-state index contributed by atoms with van der Waals surface area (Å²) in [5, 5.41) is 1.17. The number of pyridine rings is 1. The fraction of sp³-hybridized carbons (Fsp3) is 0.105. The number of ether oxygens (including phenoxy) is 1. The third kappa shape index (κ3) is 4.19. The van der Waals surface area contributed by atoms with E-state index in [-0.39, 0.29) is 5.56 Å². The average molecular weight is 360 g/mol. The van der Waals surface area contributed by atoms with Gasteiger partial charge in [-0.1, -0.05) is 53.5 Å². The van der Waals surface area contributed by atoms with Crippen molar-refractivity contribution < 1.29 is 4.74 Å². The van der Waals surface area contributed by atoms with Crippen molar-refractivity contribution in [3.05, 3.63) is 98.4 Å². The fourth-order valence-corrected chi connectivity index (χ4v) is 2.67. The molecule has 0 radical (unpaired) electrons. The average Bonchev–Trinajstić information content (AvgIpc) is 2.59. The lowest BCUT2D eigenvalue weighted by Crippen LogP contribution is -2.19. The number of benzene rings is 2. The molecule has 1 aromatic heterocycles. The van der Waals surface area contributed by atoms with Crippen LogP contribution < -0.4 is 10.3 Å². The molecule has 5 heteroatoms. The molecule has 0 saturated heterocycles. The van der Waals surface area contributed by atoms with Crippen LogP contribution in [0, 0.1) is 0 Å². The van der Waals surface area contributed by atoms with Crippen LogP contribution in [0.25, 0.3) is 0 Å². The van der Waals surface area contributed by atoms with Gasteiger partial charge in [0.2, 0.25) is 0 Å². The summed E-state index contributed by atoms with van der Waals surface area (Å²) in [6, 6.07) is 18.2. The zero-order valence-electron chi connectivity index (χ0n) is 12.8. The van der Waals surface area contributed by atoms with Crippen molar-refractivity contribution in [3.63, 3.8) is 0 Å². The maximum Gasteiger partial charge on any atom is 0.254 e. The molecule has 3 aromatic rings. The van der Waals surface area contributed by atoms with Gasteiger partial charge in [0.25, 0.3) is 5.56 Å². The lowest BCUT2D eigenvalue weighted by Gasteiger charge is -2.10. The quantitative estimate of drug-likeness (QED) is 0.656. The summed E-state index contributed by atoms with van der Waals surface area (Å²) in [5.41, 5.74) is 1.69. The van der Waals surface area contributed by atoms with E-state index in [9.17, 15) is 4.79 Å². The minimum absolute atomic E-state index is 0.156. The molecule has 0 aliphatic rings. The van der Waals surface area contributed by atoms with Crippen LogP contribution in [0.1, 0.15) is 11.1 Å². The predicted octanol–water partition coefficient (Wildman–Crippen LogP) is 4.78. The lowest BCUT2D eigenvalue weighted by atomic mass is 10.2. The van der Waals surface area contributed by atoms with Crippen LogP contribution in [0.15, 0.2) is 71.7 Å². The van der Waals surface area contributed by atoms with E-state index in [0.717, 1.165) is 11.1 Å². The van der Waals surface area contributed by atoms with Gasteiger partial charge in [-0.15, -0.1) is 0 Å².